The van der Waals surface area contributed by atoms with Gasteiger partial charge in [-0.05, 0) is 24.9 Å². The highest BCUT2D eigenvalue weighted by Gasteiger charge is 2.13. The van der Waals surface area contributed by atoms with Crippen LogP contribution in [0, 0.1) is 0 Å². The van der Waals surface area contributed by atoms with Gasteiger partial charge in [0.2, 0.25) is 0 Å². The minimum atomic E-state index is 0.360. The van der Waals surface area contributed by atoms with Crippen molar-refractivity contribution in [1.29, 1.82) is 0 Å². The molecule has 2 rings (SSSR count). The summed E-state index contributed by atoms with van der Waals surface area (Å²) in [6.07, 6.45) is 3.30. The largest absolute Gasteiger partial charge is 0.380 e. The van der Waals surface area contributed by atoms with E-state index in [0.717, 1.165) is 24.5 Å². The normalized spacial score (nSPS) is 22.8. The van der Waals surface area contributed by atoms with E-state index in [1.54, 1.807) is 0 Å². The third-order valence-electron chi connectivity index (χ3n) is 2.91. The highest BCUT2D eigenvalue weighted by Crippen LogP contribution is 2.17. The number of thiocarbonyl (C=S) groups is 1. The zero-order valence-electron chi connectivity index (χ0n) is 9.41. The maximum absolute atomic E-state index is 5.34. The van der Waals surface area contributed by atoms with Gasteiger partial charge in [-0.15, -0.1) is 0 Å². The van der Waals surface area contributed by atoms with Gasteiger partial charge in [0.1, 0.15) is 0 Å². The van der Waals surface area contributed by atoms with Gasteiger partial charge in [-0.1, -0.05) is 42.5 Å². The molecule has 1 aliphatic heterocycles. The van der Waals surface area contributed by atoms with Crippen LogP contribution in [0.1, 0.15) is 30.9 Å². The molecule has 2 N–H and O–H groups in total. The molecular formula is C13H18N2S. The Morgan fingerprint density at radius 3 is 2.62 bits per heavy atom. The number of rotatable bonds is 1. The quantitative estimate of drug-likeness (QED) is 0.730. The molecule has 1 atom stereocenters. The smallest absolute Gasteiger partial charge is 0.0772 e. The van der Waals surface area contributed by atoms with Crippen LogP contribution in [-0.2, 0) is 0 Å². The molecular weight excluding hydrogens is 216 g/mol. The van der Waals surface area contributed by atoms with Crippen molar-refractivity contribution in [3.63, 3.8) is 0 Å². The Bertz CT molecular complexity index is 337. The average Bonchev–Trinajstić information content (AvgIpc) is 2.42. The van der Waals surface area contributed by atoms with Crippen molar-refractivity contribution in [1.82, 2.24) is 10.6 Å². The number of hydrogen-bond donors (Lipinski definition) is 2. The van der Waals surface area contributed by atoms with E-state index in [-0.39, 0.29) is 0 Å². The fraction of sp³-hybridized carbons (Fsp3) is 0.462. The lowest BCUT2D eigenvalue weighted by atomic mass is 10.0. The summed E-state index contributed by atoms with van der Waals surface area (Å²) in [5, 5.41) is 6.90. The summed E-state index contributed by atoms with van der Waals surface area (Å²) >= 11 is 5.34. The monoisotopic (exact) mass is 234 g/mol. The van der Waals surface area contributed by atoms with Crippen molar-refractivity contribution >= 4 is 17.2 Å². The maximum atomic E-state index is 5.34. The van der Waals surface area contributed by atoms with Gasteiger partial charge in [0.05, 0.1) is 4.99 Å². The van der Waals surface area contributed by atoms with Crippen LogP contribution >= 0.6 is 12.2 Å². The van der Waals surface area contributed by atoms with Crippen molar-refractivity contribution in [3.05, 3.63) is 35.9 Å². The molecule has 1 aromatic rings. The summed E-state index contributed by atoms with van der Waals surface area (Å²) in [6.45, 7) is 2.09. The van der Waals surface area contributed by atoms with E-state index in [9.17, 15) is 0 Å². The van der Waals surface area contributed by atoms with Gasteiger partial charge < -0.3 is 10.6 Å². The Balaban J connectivity index is 2.08. The second-order valence-corrected chi connectivity index (χ2v) is 4.67. The van der Waals surface area contributed by atoms with Gasteiger partial charge in [-0.3, -0.25) is 0 Å². The first-order valence-electron chi connectivity index (χ1n) is 5.91. The van der Waals surface area contributed by atoms with Gasteiger partial charge in [0.15, 0.2) is 0 Å². The summed E-state index contributed by atoms with van der Waals surface area (Å²) in [6, 6.07) is 10.9. The first-order chi connectivity index (χ1) is 7.86. The lowest BCUT2D eigenvalue weighted by Gasteiger charge is -2.18. The highest BCUT2D eigenvalue weighted by atomic mass is 32.1. The number of benzene rings is 1. The van der Waals surface area contributed by atoms with Crippen molar-refractivity contribution < 1.29 is 0 Å². The molecule has 0 aliphatic carbocycles. The van der Waals surface area contributed by atoms with E-state index in [0.29, 0.717) is 6.04 Å². The first kappa shape index (κ1) is 11.6. The summed E-state index contributed by atoms with van der Waals surface area (Å²) in [4.78, 5) is 0.975. The molecule has 0 saturated carbocycles. The molecule has 0 amide bonds. The fourth-order valence-electron chi connectivity index (χ4n) is 2.00. The molecule has 0 bridgehead atoms. The number of nitrogens with one attached hydrogen (secondary N) is 2. The molecule has 0 radical (unpaired) electrons. The van der Waals surface area contributed by atoms with Crippen LogP contribution in [0.3, 0.4) is 0 Å². The van der Waals surface area contributed by atoms with Gasteiger partial charge in [0, 0.05) is 19.0 Å². The van der Waals surface area contributed by atoms with Crippen LogP contribution in [0.15, 0.2) is 30.3 Å². The van der Waals surface area contributed by atoms with Crippen LogP contribution in [0.2, 0.25) is 0 Å². The molecule has 1 fully saturated rings. The molecule has 1 aliphatic rings. The van der Waals surface area contributed by atoms with Crippen LogP contribution in [0.4, 0.5) is 0 Å². The molecule has 0 aromatic heterocycles. The third-order valence-corrected chi connectivity index (χ3v) is 3.22. The predicted molar refractivity (Wildman–Crippen MR) is 71.6 cm³/mol. The van der Waals surface area contributed by atoms with E-state index < -0.39 is 0 Å². The molecule has 2 nitrogen and oxygen atoms in total. The lowest BCUT2D eigenvalue weighted by molar-refractivity contribution is 0.539. The Morgan fingerprint density at radius 2 is 1.81 bits per heavy atom. The third kappa shape index (κ3) is 3.29. The van der Waals surface area contributed by atoms with E-state index in [1.807, 2.05) is 0 Å². The second-order valence-electron chi connectivity index (χ2n) is 4.18. The molecule has 1 unspecified atom stereocenters. The predicted octanol–water partition coefficient (Wildman–Crippen LogP) is 2.42. The van der Waals surface area contributed by atoms with Crippen LogP contribution in [-0.4, -0.2) is 18.1 Å². The van der Waals surface area contributed by atoms with Gasteiger partial charge in [-0.25, -0.2) is 0 Å². The molecule has 16 heavy (non-hydrogen) atoms. The van der Waals surface area contributed by atoms with E-state index in [4.69, 9.17) is 12.2 Å². The van der Waals surface area contributed by atoms with E-state index in [1.165, 1.54) is 18.4 Å². The average molecular weight is 234 g/mol. The SMILES string of the molecule is S=C1CC(c2ccccc2)NCCCCN1. The maximum Gasteiger partial charge on any atom is 0.0772 e. The topological polar surface area (TPSA) is 24.1 Å². The Morgan fingerprint density at radius 1 is 1.06 bits per heavy atom. The van der Waals surface area contributed by atoms with E-state index >= 15 is 0 Å². The van der Waals surface area contributed by atoms with Crippen molar-refractivity contribution in [2.24, 2.45) is 0 Å². The lowest BCUT2D eigenvalue weighted by Crippen LogP contribution is -2.27. The molecule has 0 spiro atoms. The fourth-order valence-corrected chi connectivity index (χ4v) is 2.27. The molecule has 3 heteroatoms. The van der Waals surface area contributed by atoms with Crippen molar-refractivity contribution in [2.75, 3.05) is 13.1 Å². The first-order valence-corrected chi connectivity index (χ1v) is 6.32. The zero-order valence-corrected chi connectivity index (χ0v) is 10.2. The summed E-state index contributed by atoms with van der Waals surface area (Å²) < 4.78 is 0. The summed E-state index contributed by atoms with van der Waals surface area (Å²) in [5.41, 5.74) is 1.33. The molecule has 1 aromatic carbocycles. The Labute approximate surface area is 102 Å². The zero-order chi connectivity index (χ0) is 11.2. The van der Waals surface area contributed by atoms with Gasteiger partial charge in [0.25, 0.3) is 0 Å². The van der Waals surface area contributed by atoms with Crippen LogP contribution in [0.5, 0.6) is 0 Å². The Kier molecular flexibility index (Phi) is 4.31. The molecule has 1 saturated heterocycles. The second kappa shape index (κ2) is 5.97. The number of hydrogen-bond acceptors (Lipinski definition) is 2. The van der Waals surface area contributed by atoms with Gasteiger partial charge >= 0.3 is 0 Å². The van der Waals surface area contributed by atoms with Crippen LogP contribution in [0.25, 0.3) is 0 Å². The Hall–Kier alpha value is -0.930. The van der Waals surface area contributed by atoms with Crippen molar-refractivity contribution in [2.45, 2.75) is 25.3 Å². The minimum absolute atomic E-state index is 0.360. The molecule has 1 heterocycles. The van der Waals surface area contributed by atoms with Gasteiger partial charge in [-0.2, -0.15) is 0 Å². The standard InChI is InChI=1S/C13H18N2S/c16-13-10-12(11-6-2-1-3-7-11)14-8-4-5-9-15-13/h1-3,6-7,12,14H,4-5,8-10H2,(H,15,16). The van der Waals surface area contributed by atoms with Crippen LogP contribution < -0.4 is 10.6 Å². The highest BCUT2D eigenvalue weighted by molar-refractivity contribution is 7.80. The summed E-state index contributed by atoms with van der Waals surface area (Å²) in [7, 11) is 0. The minimum Gasteiger partial charge on any atom is -0.380 e. The summed E-state index contributed by atoms with van der Waals surface area (Å²) in [5.74, 6) is 0. The molecule has 86 valence electrons. The van der Waals surface area contributed by atoms with E-state index in [2.05, 4.69) is 41.0 Å². The van der Waals surface area contributed by atoms with Crippen molar-refractivity contribution in [3.8, 4) is 0 Å².